The van der Waals surface area contributed by atoms with Crippen LogP contribution in [-0.2, 0) is 14.0 Å². The average molecular weight is 378 g/mol. The molecule has 0 N–H and O–H groups in total. The second-order valence-electron chi connectivity index (χ2n) is 8.07. The fourth-order valence-corrected chi connectivity index (χ4v) is 2.88. The van der Waals surface area contributed by atoms with Gasteiger partial charge in [-0.3, -0.25) is 0 Å². The van der Waals surface area contributed by atoms with E-state index in [2.05, 4.69) is 0 Å². The van der Waals surface area contributed by atoms with E-state index in [0.717, 1.165) is 0 Å². The molecule has 1 aromatic carbocycles. The fraction of sp³-hybridized carbons (Fsp3) is 0.526. The molecule has 0 aromatic heterocycles. The van der Waals surface area contributed by atoms with Crippen molar-refractivity contribution in [2.24, 2.45) is 0 Å². The number of carbonyl (C=O) groups excluding carboxylic acids is 1. The molecule has 0 amide bonds. The van der Waals surface area contributed by atoms with Crippen molar-refractivity contribution in [1.82, 2.24) is 0 Å². The molecular formula is C19H24BFO6. The van der Waals surface area contributed by atoms with E-state index in [9.17, 15) is 9.18 Å². The number of halogens is 1. The summed E-state index contributed by atoms with van der Waals surface area (Å²) in [5, 5.41) is 0. The van der Waals surface area contributed by atoms with E-state index in [4.69, 9.17) is 23.5 Å². The Labute approximate surface area is 158 Å². The van der Waals surface area contributed by atoms with Gasteiger partial charge in [-0.2, -0.15) is 0 Å². The molecule has 0 bridgehead atoms. The number of esters is 1. The fourth-order valence-electron chi connectivity index (χ4n) is 2.88. The van der Waals surface area contributed by atoms with Gasteiger partial charge in [0.05, 0.1) is 18.3 Å². The molecule has 2 aliphatic heterocycles. The lowest BCUT2D eigenvalue weighted by Gasteiger charge is -2.33. The van der Waals surface area contributed by atoms with Gasteiger partial charge >= 0.3 is 13.1 Å². The molecule has 1 saturated heterocycles. The third-order valence-corrected chi connectivity index (χ3v) is 5.03. The maximum Gasteiger partial charge on any atom is 0.525 e. The molecule has 2 heterocycles. The second kappa shape index (κ2) is 6.24. The third kappa shape index (κ3) is 3.43. The zero-order valence-corrected chi connectivity index (χ0v) is 16.6. The summed E-state index contributed by atoms with van der Waals surface area (Å²) < 4.78 is 42.6. The lowest BCUT2D eigenvalue weighted by atomic mass is 9.86. The highest BCUT2D eigenvalue weighted by molar-refractivity contribution is 6.54. The Balaban J connectivity index is 2.02. The van der Waals surface area contributed by atoms with E-state index in [1.54, 1.807) is 26.0 Å². The minimum absolute atomic E-state index is 0.118. The monoisotopic (exact) mass is 378 g/mol. The largest absolute Gasteiger partial charge is 0.525 e. The molecule has 0 unspecified atom stereocenters. The third-order valence-electron chi connectivity index (χ3n) is 5.03. The van der Waals surface area contributed by atoms with Crippen LogP contribution in [0.4, 0.5) is 4.39 Å². The van der Waals surface area contributed by atoms with E-state index in [-0.39, 0.29) is 11.3 Å². The molecule has 27 heavy (non-hydrogen) atoms. The number of hydrogen-bond donors (Lipinski definition) is 0. The van der Waals surface area contributed by atoms with Crippen molar-refractivity contribution < 1.29 is 32.7 Å². The Morgan fingerprint density at radius 2 is 1.67 bits per heavy atom. The van der Waals surface area contributed by atoms with Gasteiger partial charge in [0.15, 0.2) is 0 Å². The van der Waals surface area contributed by atoms with Crippen LogP contribution in [0.5, 0.6) is 11.5 Å². The first-order valence-corrected chi connectivity index (χ1v) is 8.73. The summed E-state index contributed by atoms with van der Waals surface area (Å²) in [5.74, 6) is -1.29. The molecule has 0 atom stereocenters. The molecule has 146 valence electrons. The van der Waals surface area contributed by atoms with E-state index in [1.807, 2.05) is 27.7 Å². The number of fused-ring (bicyclic) bond motifs is 1. The molecule has 0 spiro atoms. The molecule has 0 radical (unpaired) electrons. The summed E-state index contributed by atoms with van der Waals surface area (Å²) in [4.78, 5) is 12.4. The highest BCUT2D eigenvalue weighted by Crippen LogP contribution is 2.42. The Morgan fingerprint density at radius 1 is 1.07 bits per heavy atom. The smallest absolute Gasteiger partial charge is 0.496 e. The van der Waals surface area contributed by atoms with Gasteiger partial charge in [0.25, 0.3) is 0 Å². The maximum absolute atomic E-state index is 14.9. The Morgan fingerprint density at radius 3 is 2.22 bits per heavy atom. The lowest BCUT2D eigenvalue weighted by molar-refractivity contribution is -0.127. The van der Waals surface area contributed by atoms with E-state index in [0.29, 0.717) is 11.3 Å². The number of rotatable bonds is 3. The van der Waals surface area contributed by atoms with Crippen LogP contribution in [0.3, 0.4) is 0 Å². The van der Waals surface area contributed by atoms with Gasteiger partial charge in [0, 0.05) is 19.4 Å². The minimum atomic E-state index is -1.18. The Bertz CT molecular complexity index is 799. The SMILES string of the molecule is COc1ccc(/C=C(\F)B2OC(C)(C)C(C)(C)O2)c2c1C(=O)OC(C)(C)O2. The number of methoxy groups -OCH3 is 1. The summed E-state index contributed by atoms with van der Waals surface area (Å²) in [6, 6.07) is 3.17. The molecule has 8 heteroatoms. The van der Waals surface area contributed by atoms with Crippen LogP contribution in [-0.4, -0.2) is 37.2 Å². The highest BCUT2D eigenvalue weighted by atomic mass is 19.1. The van der Waals surface area contributed by atoms with Crippen molar-refractivity contribution >= 4 is 19.2 Å². The first kappa shape index (κ1) is 19.7. The maximum atomic E-state index is 14.9. The van der Waals surface area contributed by atoms with E-state index in [1.165, 1.54) is 13.2 Å². The number of cyclic esters (lactones) is 1. The van der Waals surface area contributed by atoms with Crippen molar-refractivity contribution in [2.75, 3.05) is 7.11 Å². The normalized spacial score (nSPS) is 22.7. The topological polar surface area (TPSA) is 63.2 Å². The molecule has 6 nitrogen and oxygen atoms in total. The molecule has 0 aliphatic carbocycles. The van der Waals surface area contributed by atoms with Crippen LogP contribution in [0.1, 0.15) is 57.5 Å². The van der Waals surface area contributed by atoms with Crippen LogP contribution in [0.25, 0.3) is 6.08 Å². The zero-order valence-electron chi connectivity index (χ0n) is 16.6. The van der Waals surface area contributed by atoms with Crippen molar-refractivity contribution in [3.8, 4) is 11.5 Å². The van der Waals surface area contributed by atoms with E-state index < -0.39 is 35.8 Å². The van der Waals surface area contributed by atoms with Crippen molar-refractivity contribution in [2.45, 2.75) is 58.5 Å². The van der Waals surface area contributed by atoms with Crippen LogP contribution >= 0.6 is 0 Å². The van der Waals surface area contributed by atoms with Gasteiger partial charge in [-0.05, 0) is 45.9 Å². The predicted octanol–water partition coefficient (Wildman–Crippen LogP) is 3.92. The summed E-state index contributed by atoms with van der Waals surface area (Å²) in [6.45, 7) is 10.6. The Kier molecular flexibility index (Phi) is 4.55. The summed E-state index contributed by atoms with van der Waals surface area (Å²) in [6.07, 6.45) is 1.25. The second-order valence-corrected chi connectivity index (χ2v) is 8.07. The van der Waals surface area contributed by atoms with Gasteiger partial charge in [0.2, 0.25) is 5.79 Å². The molecule has 3 rings (SSSR count). The first-order chi connectivity index (χ1) is 12.4. The molecule has 2 aliphatic rings. The van der Waals surface area contributed by atoms with E-state index >= 15 is 0 Å². The quantitative estimate of drug-likeness (QED) is 0.587. The summed E-state index contributed by atoms with van der Waals surface area (Å²) >= 11 is 0. The van der Waals surface area contributed by atoms with Crippen molar-refractivity contribution in [3.63, 3.8) is 0 Å². The number of hydrogen-bond acceptors (Lipinski definition) is 6. The average Bonchev–Trinajstić information content (AvgIpc) is 2.75. The number of ether oxygens (including phenoxy) is 3. The zero-order chi connectivity index (χ0) is 20.2. The summed E-state index contributed by atoms with van der Waals surface area (Å²) in [5.41, 5.74) is -1.47. The number of benzene rings is 1. The standard InChI is InChI=1S/C19H24BFO6/c1-17(2)18(3,4)27-20(26-17)13(21)10-11-8-9-12(23-7)14-15(11)24-19(5,6)25-16(14)22/h8-10H,1-7H3/b13-10-. The lowest BCUT2D eigenvalue weighted by Crippen LogP contribution is -2.41. The van der Waals surface area contributed by atoms with Crippen molar-refractivity contribution in [1.29, 1.82) is 0 Å². The van der Waals surface area contributed by atoms with Gasteiger partial charge in [0.1, 0.15) is 22.8 Å². The van der Waals surface area contributed by atoms with Crippen LogP contribution in [0.15, 0.2) is 17.9 Å². The predicted molar refractivity (Wildman–Crippen MR) is 98.3 cm³/mol. The van der Waals surface area contributed by atoms with Gasteiger partial charge in [-0.25, -0.2) is 9.18 Å². The van der Waals surface area contributed by atoms with Crippen molar-refractivity contribution in [3.05, 3.63) is 29.0 Å². The first-order valence-electron chi connectivity index (χ1n) is 8.73. The highest BCUT2D eigenvalue weighted by Gasteiger charge is 2.53. The van der Waals surface area contributed by atoms with Crippen LogP contribution < -0.4 is 9.47 Å². The molecule has 1 fully saturated rings. The minimum Gasteiger partial charge on any atom is -0.496 e. The van der Waals surface area contributed by atoms with Gasteiger partial charge < -0.3 is 23.5 Å². The summed E-state index contributed by atoms with van der Waals surface area (Å²) in [7, 11) is 0.291. The van der Waals surface area contributed by atoms with Gasteiger partial charge in [-0.1, -0.05) is 0 Å². The molecule has 0 saturated carbocycles. The van der Waals surface area contributed by atoms with Crippen LogP contribution in [0.2, 0.25) is 0 Å². The van der Waals surface area contributed by atoms with Gasteiger partial charge in [-0.15, -0.1) is 0 Å². The molecular weight excluding hydrogens is 354 g/mol. The Hall–Kier alpha value is -2.06. The van der Waals surface area contributed by atoms with Crippen LogP contribution in [0, 0.1) is 0 Å². The number of carbonyl (C=O) groups is 1. The molecule has 1 aromatic rings.